The zero-order valence-electron chi connectivity index (χ0n) is 23.9. The summed E-state index contributed by atoms with van der Waals surface area (Å²) >= 11 is 0. The molecule has 4 aliphatic carbocycles. The first-order valence-corrected chi connectivity index (χ1v) is 14.4. The van der Waals surface area contributed by atoms with Gasteiger partial charge in [-0.15, -0.1) is 0 Å². The van der Waals surface area contributed by atoms with Crippen LogP contribution in [0.25, 0.3) is 0 Å². The molecule has 3 unspecified atom stereocenters. The highest BCUT2D eigenvalue weighted by Gasteiger charge is 2.73. The number of nitrogens with one attached hydrogen (secondary N) is 1. The van der Waals surface area contributed by atoms with Gasteiger partial charge in [0, 0.05) is 6.54 Å². The van der Waals surface area contributed by atoms with Crippen LogP contribution in [0.4, 0.5) is 4.79 Å². The normalized spacial score (nSPS) is 34.4. The molecule has 8 nitrogen and oxygen atoms in total. The molecule has 0 aromatic heterocycles. The van der Waals surface area contributed by atoms with Crippen LogP contribution in [0.15, 0.2) is 11.8 Å². The third-order valence-corrected chi connectivity index (χ3v) is 10.2. The van der Waals surface area contributed by atoms with Crippen molar-refractivity contribution in [3.8, 4) is 0 Å². The maximum atomic E-state index is 14.2. The summed E-state index contributed by atoms with van der Waals surface area (Å²) in [5.41, 5.74) is 5.19. The van der Waals surface area contributed by atoms with Gasteiger partial charge in [-0.05, 0) is 93.8 Å². The number of ether oxygens (including phenoxy) is 1. The van der Waals surface area contributed by atoms with E-state index in [0.29, 0.717) is 25.3 Å². The first-order chi connectivity index (χ1) is 17.6. The lowest BCUT2D eigenvalue weighted by Gasteiger charge is -2.37. The predicted molar refractivity (Wildman–Crippen MR) is 143 cm³/mol. The Kier molecular flexibility index (Phi) is 6.31. The number of alkyl carbamates (subject to hydrolysis) is 1. The van der Waals surface area contributed by atoms with Crippen molar-refractivity contribution in [1.29, 1.82) is 0 Å². The molecule has 3 N–H and O–H groups in total. The quantitative estimate of drug-likeness (QED) is 0.531. The Hall–Kier alpha value is -2.38. The molecule has 0 radical (unpaired) electrons. The van der Waals surface area contributed by atoms with Crippen molar-refractivity contribution in [2.75, 3.05) is 6.54 Å². The van der Waals surface area contributed by atoms with Crippen LogP contribution >= 0.6 is 0 Å². The zero-order valence-corrected chi connectivity index (χ0v) is 23.9. The molecule has 2 amide bonds. The highest BCUT2D eigenvalue weighted by molar-refractivity contribution is 6.12. The summed E-state index contributed by atoms with van der Waals surface area (Å²) in [6.07, 6.45) is 8.79. The fraction of sp³-hybridized carbons (Fsp3) is 0.800. The molecule has 1 saturated heterocycles. The van der Waals surface area contributed by atoms with Gasteiger partial charge in [-0.1, -0.05) is 33.3 Å². The van der Waals surface area contributed by atoms with E-state index >= 15 is 0 Å². The molecule has 1 aliphatic heterocycles. The standard InChI is InChI=1S/C30H45N3O5/c1-27(2,3)24(32-26(37)38-28(4,5)6)25(36)33-16-30(15-29(30)10-7-11-29)14-21(33)23(35)19-12-17-8-9-18(17)13-20(31)22(19)34/h13,17-19,21,24H,7-12,14-16,31H2,1-6H3,(H,32,37)/t17?,18?,19?,21-,24+,30-/m0/s1. The summed E-state index contributed by atoms with van der Waals surface area (Å²) in [6, 6.07) is -1.55. The molecule has 210 valence electrons. The van der Waals surface area contributed by atoms with Gasteiger partial charge in [0.05, 0.1) is 17.7 Å². The van der Waals surface area contributed by atoms with E-state index < -0.39 is 35.1 Å². The van der Waals surface area contributed by atoms with E-state index in [4.69, 9.17) is 10.5 Å². The first-order valence-electron chi connectivity index (χ1n) is 14.4. The number of carbonyl (C=O) groups excluding carboxylic acids is 4. The molecule has 4 fully saturated rings. The van der Waals surface area contributed by atoms with Gasteiger partial charge in [0.25, 0.3) is 0 Å². The molecule has 8 heteroatoms. The summed E-state index contributed by atoms with van der Waals surface area (Å²) in [5, 5.41) is 2.81. The van der Waals surface area contributed by atoms with Crippen molar-refractivity contribution in [2.24, 2.45) is 39.7 Å². The Morgan fingerprint density at radius 2 is 1.79 bits per heavy atom. The molecule has 0 bridgehead atoms. The van der Waals surface area contributed by atoms with Crippen molar-refractivity contribution in [2.45, 2.75) is 111 Å². The third kappa shape index (κ3) is 4.56. The predicted octanol–water partition coefficient (Wildman–Crippen LogP) is 4.11. The van der Waals surface area contributed by atoms with Crippen LogP contribution in [0.1, 0.15) is 92.9 Å². The van der Waals surface area contributed by atoms with Crippen molar-refractivity contribution in [1.82, 2.24) is 10.2 Å². The SMILES string of the molecule is CC(C)(C)OC(=O)N[C@H](C(=O)N1C[C@]2(C[C@H]1C(=O)C1CC3CCC3C=C(N)C1=O)CC21CCC1)C(C)(C)C. The summed E-state index contributed by atoms with van der Waals surface area (Å²) in [7, 11) is 0. The van der Waals surface area contributed by atoms with Crippen molar-refractivity contribution < 1.29 is 23.9 Å². The van der Waals surface area contributed by atoms with Gasteiger partial charge in [-0.3, -0.25) is 14.4 Å². The number of ketones is 2. The second-order valence-corrected chi connectivity index (χ2v) is 14.9. The van der Waals surface area contributed by atoms with Crippen molar-refractivity contribution in [3.63, 3.8) is 0 Å². The lowest BCUT2D eigenvalue weighted by atomic mass is 9.69. The molecule has 2 spiro atoms. The average Bonchev–Trinajstić information content (AvgIpc) is 3.29. The maximum Gasteiger partial charge on any atom is 0.408 e. The second kappa shape index (κ2) is 8.82. The van der Waals surface area contributed by atoms with Gasteiger partial charge < -0.3 is 20.7 Å². The lowest BCUT2D eigenvalue weighted by molar-refractivity contribution is -0.144. The number of rotatable bonds is 4. The summed E-state index contributed by atoms with van der Waals surface area (Å²) in [5.74, 6) is -0.967. The molecule has 5 rings (SSSR count). The van der Waals surface area contributed by atoms with Crippen LogP contribution in [-0.4, -0.2) is 52.7 Å². The number of Topliss-reactive ketones (excluding diaryl/α,β-unsaturated/α-hetero) is 2. The van der Waals surface area contributed by atoms with E-state index in [9.17, 15) is 19.2 Å². The van der Waals surface area contributed by atoms with E-state index in [-0.39, 0.29) is 39.9 Å². The number of allylic oxidation sites excluding steroid dienone is 2. The van der Waals surface area contributed by atoms with Crippen LogP contribution in [0.5, 0.6) is 0 Å². The first kappa shape index (κ1) is 27.2. The minimum absolute atomic E-state index is 0.0657. The van der Waals surface area contributed by atoms with E-state index in [0.717, 1.165) is 32.1 Å². The number of nitrogens with zero attached hydrogens (tertiary/aromatic N) is 1. The highest BCUT2D eigenvalue weighted by atomic mass is 16.6. The fourth-order valence-electron chi connectivity index (χ4n) is 7.64. The lowest BCUT2D eigenvalue weighted by Crippen LogP contribution is -2.58. The van der Waals surface area contributed by atoms with E-state index in [1.165, 1.54) is 6.42 Å². The Morgan fingerprint density at radius 3 is 2.29 bits per heavy atom. The monoisotopic (exact) mass is 527 g/mol. The molecule has 3 saturated carbocycles. The molecule has 6 atom stereocenters. The fourth-order valence-corrected chi connectivity index (χ4v) is 7.64. The zero-order chi connectivity index (χ0) is 27.8. The van der Waals surface area contributed by atoms with Crippen LogP contribution in [0.2, 0.25) is 0 Å². The topological polar surface area (TPSA) is 119 Å². The molecule has 1 heterocycles. The Labute approximate surface area is 226 Å². The Bertz CT molecular complexity index is 1080. The number of hydrogen-bond donors (Lipinski definition) is 2. The van der Waals surface area contributed by atoms with Gasteiger partial charge in [-0.2, -0.15) is 0 Å². The number of likely N-dealkylation sites (tertiary alicyclic amines) is 1. The maximum absolute atomic E-state index is 14.2. The van der Waals surface area contributed by atoms with Gasteiger partial charge in [0.15, 0.2) is 11.6 Å². The Balaban J connectivity index is 1.43. The molecular formula is C30H45N3O5. The third-order valence-electron chi connectivity index (χ3n) is 10.2. The van der Waals surface area contributed by atoms with E-state index in [1.807, 2.05) is 26.8 Å². The second-order valence-electron chi connectivity index (χ2n) is 14.9. The summed E-state index contributed by atoms with van der Waals surface area (Å²) in [4.78, 5) is 56.2. The molecule has 38 heavy (non-hydrogen) atoms. The Morgan fingerprint density at radius 1 is 1.11 bits per heavy atom. The van der Waals surface area contributed by atoms with Crippen LogP contribution in [0, 0.1) is 34.0 Å². The van der Waals surface area contributed by atoms with E-state index in [2.05, 4.69) is 5.32 Å². The van der Waals surface area contributed by atoms with Gasteiger partial charge in [-0.25, -0.2) is 4.79 Å². The largest absolute Gasteiger partial charge is 0.444 e. The van der Waals surface area contributed by atoms with Crippen LogP contribution in [-0.2, 0) is 19.1 Å². The van der Waals surface area contributed by atoms with Crippen molar-refractivity contribution in [3.05, 3.63) is 11.8 Å². The number of nitrogens with two attached hydrogens (primary N) is 1. The number of amides is 2. The van der Waals surface area contributed by atoms with Crippen LogP contribution in [0.3, 0.4) is 0 Å². The van der Waals surface area contributed by atoms with Gasteiger partial charge in [0.2, 0.25) is 5.91 Å². The summed E-state index contributed by atoms with van der Waals surface area (Å²) in [6.45, 7) is 11.5. The number of carbonyl (C=O) groups is 4. The molecule has 0 aromatic carbocycles. The smallest absolute Gasteiger partial charge is 0.408 e. The van der Waals surface area contributed by atoms with E-state index in [1.54, 1.807) is 25.7 Å². The van der Waals surface area contributed by atoms with Crippen molar-refractivity contribution >= 4 is 23.6 Å². The molecule has 0 aromatic rings. The van der Waals surface area contributed by atoms with Crippen LogP contribution < -0.4 is 11.1 Å². The molecule has 5 aliphatic rings. The minimum Gasteiger partial charge on any atom is -0.444 e. The van der Waals surface area contributed by atoms with Gasteiger partial charge >= 0.3 is 6.09 Å². The van der Waals surface area contributed by atoms with Gasteiger partial charge in [0.1, 0.15) is 11.6 Å². The minimum atomic E-state index is -0.871. The number of hydrogen-bond acceptors (Lipinski definition) is 6. The summed E-state index contributed by atoms with van der Waals surface area (Å²) < 4.78 is 5.47. The number of fused-ring (bicyclic) bond motifs is 2. The highest BCUT2D eigenvalue weighted by Crippen LogP contribution is 2.77. The average molecular weight is 528 g/mol. The molecular weight excluding hydrogens is 482 g/mol.